The Hall–Kier alpha value is -1.63. The number of aliphatic hydroxyl groups is 1. The third kappa shape index (κ3) is 5.56. The molecule has 0 bridgehead atoms. The summed E-state index contributed by atoms with van der Waals surface area (Å²) in [5, 5.41) is 15.0. The average molecular weight is 301 g/mol. The predicted octanol–water partition coefficient (Wildman–Crippen LogP) is 0.792. The van der Waals surface area contributed by atoms with Crippen molar-refractivity contribution in [1.82, 2.24) is 5.32 Å². The second-order valence-electron chi connectivity index (χ2n) is 4.58. The van der Waals surface area contributed by atoms with Crippen molar-refractivity contribution in [3.05, 3.63) is 29.3 Å². The molecule has 0 fully saturated rings. The fourth-order valence-corrected chi connectivity index (χ4v) is 1.66. The van der Waals surface area contributed by atoms with E-state index >= 15 is 0 Å². The number of benzene rings is 1. The number of halogens is 1. The van der Waals surface area contributed by atoms with Crippen LogP contribution in [0.15, 0.2) is 24.3 Å². The SMILES string of the molecule is COCC(C)(O)CNC(=O)C(=O)Nc1cccc(Cl)c1. The zero-order chi connectivity index (χ0) is 15.2. The molecule has 3 N–H and O–H groups in total. The van der Waals surface area contributed by atoms with Crippen molar-refractivity contribution in [2.45, 2.75) is 12.5 Å². The lowest BCUT2D eigenvalue weighted by Crippen LogP contribution is -2.46. The lowest BCUT2D eigenvalue weighted by Gasteiger charge is -2.22. The summed E-state index contributed by atoms with van der Waals surface area (Å²) in [6, 6.07) is 6.43. The van der Waals surface area contributed by atoms with E-state index in [1.54, 1.807) is 18.2 Å². The summed E-state index contributed by atoms with van der Waals surface area (Å²) in [6.07, 6.45) is 0. The van der Waals surface area contributed by atoms with Gasteiger partial charge >= 0.3 is 11.8 Å². The number of anilines is 1. The van der Waals surface area contributed by atoms with Gasteiger partial charge in [-0.2, -0.15) is 0 Å². The van der Waals surface area contributed by atoms with Gasteiger partial charge < -0.3 is 20.5 Å². The van der Waals surface area contributed by atoms with Crippen molar-refractivity contribution in [1.29, 1.82) is 0 Å². The van der Waals surface area contributed by atoms with Gasteiger partial charge in [-0.3, -0.25) is 9.59 Å². The molecule has 7 heteroatoms. The van der Waals surface area contributed by atoms with E-state index in [2.05, 4.69) is 10.6 Å². The molecule has 0 aliphatic heterocycles. The molecule has 0 heterocycles. The molecule has 0 aliphatic rings. The lowest BCUT2D eigenvalue weighted by molar-refractivity contribution is -0.137. The Morgan fingerprint density at radius 3 is 2.70 bits per heavy atom. The van der Waals surface area contributed by atoms with Gasteiger partial charge in [0.05, 0.1) is 6.61 Å². The first-order valence-electron chi connectivity index (χ1n) is 5.90. The van der Waals surface area contributed by atoms with Crippen LogP contribution in [0.3, 0.4) is 0 Å². The number of carbonyl (C=O) groups excluding carboxylic acids is 2. The van der Waals surface area contributed by atoms with Gasteiger partial charge in [0.1, 0.15) is 5.60 Å². The number of rotatable bonds is 5. The van der Waals surface area contributed by atoms with E-state index in [9.17, 15) is 14.7 Å². The Bertz CT molecular complexity index is 491. The van der Waals surface area contributed by atoms with Crippen LogP contribution in [-0.2, 0) is 14.3 Å². The minimum atomic E-state index is -1.24. The van der Waals surface area contributed by atoms with Gasteiger partial charge in [-0.1, -0.05) is 17.7 Å². The molecule has 1 aromatic rings. The lowest BCUT2D eigenvalue weighted by atomic mass is 10.1. The van der Waals surface area contributed by atoms with Gasteiger partial charge in [0.2, 0.25) is 0 Å². The van der Waals surface area contributed by atoms with Crippen molar-refractivity contribution in [3.63, 3.8) is 0 Å². The van der Waals surface area contributed by atoms with E-state index in [1.165, 1.54) is 20.1 Å². The third-order valence-electron chi connectivity index (χ3n) is 2.37. The summed E-state index contributed by atoms with van der Waals surface area (Å²) >= 11 is 5.76. The van der Waals surface area contributed by atoms with Crippen LogP contribution in [0.25, 0.3) is 0 Å². The summed E-state index contributed by atoms with van der Waals surface area (Å²) in [5.74, 6) is -1.68. The second-order valence-corrected chi connectivity index (χ2v) is 5.01. The highest BCUT2D eigenvalue weighted by Gasteiger charge is 2.23. The van der Waals surface area contributed by atoms with E-state index < -0.39 is 17.4 Å². The first kappa shape index (κ1) is 16.4. The fourth-order valence-electron chi connectivity index (χ4n) is 1.47. The van der Waals surface area contributed by atoms with E-state index in [-0.39, 0.29) is 13.2 Å². The van der Waals surface area contributed by atoms with Crippen LogP contribution in [0.2, 0.25) is 5.02 Å². The Morgan fingerprint density at radius 2 is 2.10 bits per heavy atom. The van der Waals surface area contributed by atoms with Crippen molar-refractivity contribution >= 4 is 29.1 Å². The quantitative estimate of drug-likeness (QED) is 0.702. The normalized spacial score (nSPS) is 13.4. The molecule has 0 aromatic heterocycles. The van der Waals surface area contributed by atoms with Gasteiger partial charge in [0.15, 0.2) is 0 Å². The van der Waals surface area contributed by atoms with Crippen LogP contribution in [0.1, 0.15) is 6.92 Å². The van der Waals surface area contributed by atoms with Crippen LogP contribution in [0.4, 0.5) is 5.69 Å². The van der Waals surface area contributed by atoms with Gasteiger partial charge in [-0.25, -0.2) is 0 Å². The highest BCUT2D eigenvalue weighted by molar-refractivity contribution is 6.39. The highest BCUT2D eigenvalue weighted by Crippen LogP contribution is 2.14. The Kier molecular flexibility index (Phi) is 5.94. The van der Waals surface area contributed by atoms with E-state index in [0.717, 1.165) is 0 Å². The molecule has 20 heavy (non-hydrogen) atoms. The molecule has 0 spiro atoms. The number of hydrogen-bond donors (Lipinski definition) is 3. The van der Waals surface area contributed by atoms with Crippen molar-refractivity contribution in [3.8, 4) is 0 Å². The maximum atomic E-state index is 11.6. The molecule has 0 saturated carbocycles. The topological polar surface area (TPSA) is 87.7 Å². The molecule has 1 rings (SSSR count). The van der Waals surface area contributed by atoms with Crippen LogP contribution in [-0.4, -0.2) is 42.8 Å². The fraction of sp³-hybridized carbons (Fsp3) is 0.385. The standard InChI is InChI=1S/C13H17ClN2O4/c1-13(19,8-20-2)7-15-11(17)12(18)16-10-5-3-4-9(14)6-10/h3-6,19H,7-8H2,1-2H3,(H,15,17)(H,16,18). The number of carbonyl (C=O) groups is 2. The van der Waals surface area contributed by atoms with E-state index in [4.69, 9.17) is 16.3 Å². The molecule has 1 aromatic carbocycles. The van der Waals surface area contributed by atoms with Gasteiger partial charge in [0, 0.05) is 24.4 Å². The number of hydrogen-bond acceptors (Lipinski definition) is 4. The number of nitrogens with one attached hydrogen (secondary N) is 2. The monoisotopic (exact) mass is 300 g/mol. The zero-order valence-electron chi connectivity index (χ0n) is 11.3. The highest BCUT2D eigenvalue weighted by atomic mass is 35.5. The molecular weight excluding hydrogens is 284 g/mol. The number of amides is 2. The molecule has 0 aliphatic carbocycles. The molecule has 0 saturated heterocycles. The van der Waals surface area contributed by atoms with Crippen LogP contribution in [0.5, 0.6) is 0 Å². The van der Waals surface area contributed by atoms with E-state index in [1.807, 2.05) is 0 Å². The summed E-state index contributed by atoms with van der Waals surface area (Å²) in [6.45, 7) is 1.44. The smallest absolute Gasteiger partial charge is 0.313 e. The Balaban J connectivity index is 2.50. The first-order valence-corrected chi connectivity index (χ1v) is 6.28. The summed E-state index contributed by atoms with van der Waals surface area (Å²) in [5.41, 5.74) is -0.817. The van der Waals surface area contributed by atoms with Crippen molar-refractivity contribution in [2.24, 2.45) is 0 Å². The zero-order valence-corrected chi connectivity index (χ0v) is 12.0. The number of methoxy groups -OCH3 is 1. The summed E-state index contributed by atoms with van der Waals surface area (Å²) in [7, 11) is 1.43. The predicted molar refractivity (Wildman–Crippen MR) is 75.6 cm³/mol. The maximum Gasteiger partial charge on any atom is 0.313 e. The molecular formula is C13H17ClN2O4. The molecule has 2 amide bonds. The van der Waals surface area contributed by atoms with Crippen LogP contribution >= 0.6 is 11.6 Å². The largest absolute Gasteiger partial charge is 0.386 e. The summed E-state index contributed by atoms with van der Waals surface area (Å²) in [4.78, 5) is 23.2. The third-order valence-corrected chi connectivity index (χ3v) is 2.61. The van der Waals surface area contributed by atoms with Gasteiger partial charge in [0.25, 0.3) is 0 Å². The molecule has 1 atom stereocenters. The van der Waals surface area contributed by atoms with Crippen molar-refractivity contribution < 1.29 is 19.4 Å². The molecule has 6 nitrogen and oxygen atoms in total. The molecule has 1 unspecified atom stereocenters. The van der Waals surface area contributed by atoms with Gasteiger partial charge in [-0.05, 0) is 25.1 Å². The first-order chi connectivity index (χ1) is 9.34. The maximum absolute atomic E-state index is 11.6. The second kappa shape index (κ2) is 7.23. The molecule has 0 radical (unpaired) electrons. The Morgan fingerprint density at radius 1 is 1.40 bits per heavy atom. The van der Waals surface area contributed by atoms with Crippen LogP contribution in [0, 0.1) is 0 Å². The van der Waals surface area contributed by atoms with Crippen LogP contribution < -0.4 is 10.6 Å². The average Bonchev–Trinajstić information content (AvgIpc) is 2.36. The molecule has 110 valence electrons. The minimum Gasteiger partial charge on any atom is -0.386 e. The summed E-state index contributed by atoms with van der Waals surface area (Å²) < 4.78 is 4.79. The van der Waals surface area contributed by atoms with Gasteiger partial charge in [-0.15, -0.1) is 0 Å². The number of ether oxygens (including phenoxy) is 1. The van der Waals surface area contributed by atoms with Crippen molar-refractivity contribution in [2.75, 3.05) is 25.6 Å². The Labute approximate surface area is 122 Å². The minimum absolute atomic E-state index is 0.0448. The van der Waals surface area contributed by atoms with E-state index in [0.29, 0.717) is 10.7 Å².